The van der Waals surface area contributed by atoms with E-state index in [4.69, 9.17) is 4.74 Å². The predicted octanol–water partition coefficient (Wildman–Crippen LogP) is 1.24. The highest BCUT2D eigenvalue weighted by Gasteiger charge is 2.32. The Kier molecular flexibility index (Phi) is 3.01. The minimum Gasteiger partial charge on any atom is -0.503 e. The summed E-state index contributed by atoms with van der Waals surface area (Å²) in [6.07, 6.45) is 0. The number of aromatic nitrogens is 1. The Balaban J connectivity index is 2.19. The third kappa shape index (κ3) is 1.89. The largest absolute Gasteiger partial charge is 0.503 e. The summed E-state index contributed by atoms with van der Waals surface area (Å²) in [6, 6.07) is 7.33. The van der Waals surface area contributed by atoms with Crippen molar-refractivity contribution in [2.45, 2.75) is 4.90 Å². The SMILES string of the molecule is O=c1[nH]c2ccccc2c(O)c1[S+]1CCOCC1. The van der Waals surface area contributed by atoms with Crippen molar-refractivity contribution in [3.63, 3.8) is 0 Å². The summed E-state index contributed by atoms with van der Waals surface area (Å²) in [5.74, 6) is 1.77. The molecule has 1 saturated heterocycles. The van der Waals surface area contributed by atoms with Gasteiger partial charge < -0.3 is 14.8 Å². The van der Waals surface area contributed by atoms with E-state index in [1.54, 1.807) is 6.07 Å². The Morgan fingerprint density at radius 3 is 2.72 bits per heavy atom. The lowest BCUT2D eigenvalue weighted by Gasteiger charge is -2.14. The van der Waals surface area contributed by atoms with Crippen molar-refractivity contribution >= 4 is 21.8 Å². The zero-order valence-electron chi connectivity index (χ0n) is 9.81. The second-order valence-corrected chi connectivity index (χ2v) is 6.40. The van der Waals surface area contributed by atoms with Gasteiger partial charge in [0, 0.05) is 16.3 Å². The summed E-state index contributed by atoms with van der Waals surface area (Å²) in [5.41, 5.74) is 0.511. The Hall–Kier alpha value is -1.46. The van der Waals surface area contributed by atoms with Crippen molar-refractivity contribution in [3.8, 4) is 5.75 Å². The molecule has 0 saturated carbocycles. The lowest BCUT2D eigenvalue weighted by molar-refractivity contribution is 0.159. The van der Waals surface area contributed by atoms with Crippen LogP contribution < -0.4 is 5.56 Å². The number of rotatable bonds is 1. The van der Waals surface area contributed by atoms with E-state index in [0.29, 0.717) is 29.0 Å². The number of pyridine rings is 1. The standard InChI is InChI=1S/C13H13NO3S/c15-11-9-3-1-2-4-10(9)14-13(16)12(11)18-7-5-17-6-8-18/h1-4H,5-8H2,(H-,14,15,16)/p+1. The molecule has 1 aromatic carbocycles. The second-order valence-electron chi connectivity index (χ2n) is 4.19. The van der Waals surface area contributed by atoms with Gasteiger partial charge in [-0.3, -0.25) is 4.79 Å². The molecule has 1 aliphatic heterocycles. The molecule has 0 spiro atoms. The number of para-hydroxylation sites is 1. The Bertz CT molecular complexity index is 632. The minimum atomic E-state index is -0.206. The van der Waals surface area contributed by atoms with Crippen molar-refractivity contribution in [1.82, 2.24) is 4.98 Å². The predicted molar refractivity (Wildman–Crippen MR) is 72.4 cm³/mol. The summed E-state index contributed by atoms with van der Waals surface area (Å²) in [4.78, 5) is 15.5. The van der Waals surface area contributed by atoms with Crippen molar-refractivity contribution < 1.29 is 9.84 Å². The third-order valence-corrected chi connectivity index (χ3v) is 5.36. The normalized spacial score (nSPS) is 17.1. The van der Waals surface area contributed by atoms with Crippen molar-refractivity contribution in [2.24, 2.45) is 0 Å². The maximum Gasteiger partial charge on any atom is 0.307 e. The average Bonchev–Trinajstić information content (AvgIpc) is 2.40. The fourth-order valence-corrected chi connectivity index (χ4v) is 4.15. The molecule has 18 heavy (non-hydrogen) atoms. The first kappa shape index (κ1) is 11.6. The number of hydrogen-bond donors (Lipinski definition) is 2. The first-order valence-electron chi connectivity index (χ1n) is 5.86. The number of ether oxygens (including phenoxy) is 1. The molecule has 0 atom stereocenters. The highest BCUT2D eigenvalue weighted by molar-refractivity contribution is 7.97. The van der Waals surface area contributed by atoms with Crippen molar-refractivity contribution in [3.05, 3.63) is 34.6 Å². The van der Waals surface area contributed by atoms with E-state index < -0.39 is 0 Å². The second kappa shape index (κ2) is 4.66. The maximum absolute atomic E-state index is 12.1. The molecule has 2 N–H and O–H groups in total. The van der Waals surface area contributed by atoms with Crippen LogP contribution in [0.5, 0.6) is 5.75 Å². The van der Waals surface area contributed by atoms with Gasteiger partial charge in [0.25, 0.3) is 4.90 Å². The minimum absolute atomic E-state index is 0.139. The molecule has 1 aromatic heterocycles. The van der Waals surface area contributed by atoms with Crippen LogP contribution in [-0.4, -0.2) is 34.8 Å². The van der Waals surface area contributed by atoms with E-state index in [-0.39, 0.29) is 22.2 Å². The van der Waals surface area contributed by atoms with Gasteiger partial charge in [0.05, 0.1) is 18.7 Å². The van der Waals surface area contributed by atoms with Gasteiger partial charge >= 0.3 is 5.56 Å². The lowest BCUT2D eigenvalue weighted by Crippen LogP contribution is -2.30. The third-order valence-electron chi connectivity index (χ3n) is 3.09. The van der Waals surface area contributed by atoms with Crippen LogP contribution in [0.15, 0.2) is 34.0 Å². The van der Waals surface area contributed by atoms with Gasteiger partial charge in [-0.1, -0.05) is 12.1 Å². The topological polar surface area (TPSA) is 62.3 Å². The smallest absolute Gasteiger partial charge is 0.307 e. The lowest BCUT2D eigenvalue weighted by atomic mass is 10.2. The van der Waals surface area contributed by atoms with Gasteiger partial charge in [0.15, 0.2) is 5.75 Å². The average molecular weight is 264 g/mol. The summed E-state index contributed by atoms with van der Waals surface area (Å²) < 4.78 is 5.30. The Morgan fingerprint density at radius 2 is 1.94 bits per heavy atom. The zero-order valence-corrected chi connectivity index (χ0v) is 10.6. The van der Waals surface area contributed by atoms with Gasteiger partial charge in [-0.15, -0.1) is 0 Å². The van der Waals surface area contributed by atoms with E-state index in [1.165, 1.54) is 0 Å². The van der Waals surface area contributed by atoms with Crippen LogP contribution in [0.25, 0.3) is 10.9 Å². The number of nitrogens with one attached hydrogen (secondary N) is 1. The van der Waals surface area contributed by atoms with Gasteiger partial charge in [0.1, 0.15) is 11.5 Å². The number of aromatic hydroxyl groups is 1. The summed E-state index contributed by atoms with van der Waals surface area (Å²) in [7, 11) is -0.206. The van der Waals surface area contributed by atoms with E-state index in [0.717, 1.165) is 11.5 Å². The van der Waals surface area contributed by atoms with E-state index >= 15 is 0 Å². The fourth-order valence-electron chi connectivity index (χ4n) is 2.20. The van der Waals surface area contributed by atoms with Gasteiger partial charge in [0.2, 0.25) is 0 Å². The van der Waals surface area contributed by atoms with Crippen LogP contribution in [0.1, 0.15) is 0 Å². The molecule has 4 nitrogen and oxygen atoms in total. The van der Waals surface area contributed by atoms with Gasteiger partial charge in [-0.05, 0) is 12.1 Å². The van der Waals surface area contributed by atoms with Crippen LogP contribution in [0.3, 0.4) is 0 Å². The Labute approximate surface area is 107 Å². The highest BCUT2D eigenvalue weighted by atomic mass is 32.2. The van der Waals surface area contributed by atoms with Crippen molar-refractivity contribution in [2.75, 3.05) is 24.7 Å². The zero-order chi connectivity index (χ0) is 12.5. The number of H-pyrrole nitrogens is 1. The molecule has 0 amide bonds. The Morgan fingerprint density at radius 1 is 1.22 bits per heavy atom. The molecule has 5 heteroatoms. The molecule has 2 heterocycles. The van der Waals surface area contributed by atoms with Gasteiger partial charge in [-0.25, -0.2) is 0 Å². The molecule has 0 bridgehead atoms. The van der Waals surface area contributed by atoms with Crippen LogP contribution in [0, 0.1) is 0 Å². The monoisotopic (exact) mass is 264 g/mol. The quantitative estimate of drug-likeness (QED) is 0.762. The van der Waals surface area contributed by atoms with E-state index in [2.05, 4.69) is 4.98 Å². The molecule has 3 rings (SSSR count). The fraction of sp³-hybridized carbons (Fsp3) is 0.308. The molecule has 0 radical (unpaired) electrons. The molecule has 1 fully saturated rings. The molecule has 2 aromatic rings. The maximum atomic E-state index is 12.1. The molecule has 0 aliphatic carbocycles. The number of aromatic amines is 1. The van der Waals surface area contributed by atoms with Gasteiger partial charge in [-0.2, -0.15) is 0 Å². The van der Waals surface area contributed by atoms with Crippen LogP contribution in [0.2, 0.25) is 0 Å². The van der Waals surface area contributed by atoms with Crippen LogP contribution >= 0.6 is 0 Å². The van der Waals surface area contributed by atoms with Crippen molar-refractivity contribution in [1.29, 1.82) is 0 Å². The molecule has 1 aliphatic rings. The first-order chi connectivity index (χ1) is 8.77. The van der Waals surface area contributed by atoms with Crippen LogP contribution in [-0.2, 0) is 15.6 Å². The highest BCUT2D eigenvalue weighted by Crippen LogP contribution is 2.29. The summed E-state index contributed by atoms with van der Waals surface area (Å²) >= 11 is 0. The molecular weight excluding hydrogens is 250 g/mol. The molecule has 0 unspecified atom stereocenters. The number of hydrogen-bond acceptors (Lipinski definition) is 3. The number of benzene rings is 1. The van der Waals surface area contributed by atoms with E-state index in [9.17, 15) is 9.90 Å². The van der Waals surface area contributed by atoms with E-state index in [1.807, 2.05) is 18.2 Å². The number of fused-ring (bicyclic) bond motifs is 1. The summed E-state index contributed by atoms with van der Waals surface area (Å²) in [6.45, 7) is 1.32. The molecular formula is C13H14NO3S+. The molecule has 94 valence electrons. The van der Waals surface area contributed by atoms with Crippen LogP contribution in [0.4, 0.5) is 0 Å². The summed E-state index contributed by atoms with van der Waals surface area (Å²) in [5, 5.41) is 11.0. The first-order valence-corrected chi connectivity index (χ1v) is 7.43.